The van der Waals surface area contributed by atoms with Crippen molar-refractivity contribution in [2.45, 2.75) is 33.8 Å². The first-order valence-electron chi connectivity index (χ1n) is 11.5. The van der Waals surface area contributed by atoms with Crippen LogP contribution in [0.5, 0.6) is 0 Å². The molecule has 2 aromatic carbocycles. The van der Waals surface area contributed by atoms with Crippen molar-refractivity contribution in [1.29, 1.82) is 0 Å². The molecule has 0 aliphatic carbocycles. The molecule has 3 aromatic rings. The van der Waals surface area contributed by atoms with Gasteiger partial charge >= 0.3 is 5.97 Å². The molecule has 202 valence electrons. The van der Waals surface area contributed by atoms with Crippen LogP contribution in [0.15, 0.2) is 41.5 Å². The Morgan fingerprint density at radius 3 is 2.50 bits per heavy atom. The molecule has 2 N–H and O–H groups in total. The molecule has 0 fully saturated rings. The fourth-order valence-electron chi connectivity index (χ4n) is 3.27. The molecule has 0 spiro atoms. The Labute approximate surface area is 234 Å². The average Bonchev–Trinajstić information content (AvgIpc) is 3.29. The fourth-order valence-corrected chi connectivity index (χ4v) is 4.57. The summed E-state index contributed by atoms with van der Waals surface area (Å²) in [6.07, 6.45) is 2.02. The standard InChI is InChI=1S/C27H27Cl2FN2O5S/c1-27(2,3)8-9-37-13-15-6-5-7-17(23(15)30)21-14-38-26(31-21)32-24(33)16-10-19(28)18(20(29)11-16)12-22(36-4)25(34)35/h5-7,10-12,14H,8-9,13H2,1-4H3,(H,34,35)(H,31,32,33)/b22-12+. The van der Waals surface area contributed by atoms with Crippen molar-refractivity contribution in [3.8, 4) is 11.3 Å². The van der Waals surface area contributed by atoms with Crippen LogP contribution in [0.2, 0.25) is 10.0 Å². The molecule has 1 heterocycles. The molecule has 0 atom stereocenters. The van der Waals surface area contributed by atoms with Crippen LogP contribution < -0.4 is 5.32 Å². The molecule has 1 amide bonds. The van der Waals surface area contributed by atoms with Gasteiger partial charge < -0.3 is 14.6 Å². The molecular formula is C27H27Cl2FN2O5S. The zero-order valence-electron chi connectivity index (χ0n) is 21.2. The number of carboxylic acid groups (broad SMARTS) is 1. The van der Waals surface area contributed by atoms with Crippen molar-refractivity contribution < 1.29 is 28.6 Å². The normalized spacial score (nSPS) is 11.9. The van der Waals surface area contributed by atoms with Crippen molar-refractivity contribution in [3.63, 3.8) is 0 Å². The third-order valence-electron chi connectivity index (χ3n) is 5.38. The van der Waals surface area contributed by atoms with Crippen molar-refractivity contribution in [2.24, 2.45) is 5.41 Å². The van der Waals surface area contributed by atoms with Gasteiger partial charge in [0, 0.05) is 34.2 Å². The number of halogens is 3. The van der Waals surface area contributed by atoms with Crippen molar-refractivity contribution >= 4 is 57.6 Å². The molecule has 0 radical (unpaired) electrons. The highest BCUT2D eigenvalue weighted by molar-refractivity contribution is 7.14. The summed E-state index contributed by atoms with van der Waals surface area (Å²) < 4.78 is 25.6. The molecular weight excluding hydrogens is 554 g/mol. The zero-order chi connectivity index (χ0) is 28.0. The zero-order valence-corrected chi connectivity index (χ0v) is 23.6. The third kappa shape index (κ3) is 7.77. The van der Waals surface area contributed by atoms with Gasteiger partial charge in [-0.05, 0) is 36.1 Å². The minimum atomic E-state index is -1.30. The monoisotopic (exact) mass is 580 g/mol. The predicted molar refractivity (Wildman–Crippen MR) is 148 cm³/mol. The Balaban J connectivity index is 1.73. The lowest BCUT2D eigenvalue weighted by atomic mass is 9.93. The van der Waals surface area contributed by atoms with Gasteiger partial charge in [-0.3, -0.25) is 10.1 Å². The molecule has 11 heteroatoms. The number of rotatable bonds is 10. The second kappa shape index (κ2) is 12.7. The lowest BCUT2D eigenvalue weighted by Gasteiger charge is -2.17. The molecule has 0 bridgehead atoms. The van der Waals surface area contributed by atoms with Crippen molar-refractivity contribution in [2.75, 3.05) is 19.0 Å². The summed E-state index contributed by atoms with van der Waals surface area (Å²) in [5.74, 6) is -2.63. The van der Waals surface area contributed by atoms with Crippen LogP contribution in [-0.2, 0) is 20.9 Å². The van der Waals surface area contributed by atoms with Gasteiger partial charge in [-0.1, -0.05) is 56.1 Å². The van der Waals surface area contributed by atoms with Crippen LogP contribution in [0, 0.1) is 11.2 Å². The van der Waals surface area contributed by atoms with E-state index in [1.54, 1.807) is 23.6 Å². The average molecular weight is 581 g/mol. The molecule has 1 aromatic heterocycles. The molecule has 38 heavy (non-hydrogen) atoms. The highest BCUT2D eigenvalue weighted by atomic mass is 35.5. The number of hydrogen-bond donors (Lipinski definition) is 2. The number of benzene rings is 2. The van der Waals surface area contributed by atoms with Crippen molar-refractivity contribution in [1.82, 2.24) is 4.98 Å². The summed E-state index contributed by atoms with van der Waals surface area (Å²) in [4.78, 5) is 28.4. The van der Waals surface area contributed by atoms with E-state index >= 15 is 4.39 Å². The molecule has 0 aliphatic heterocycles. The third-order valence-corrected chi connectivity index (χ3v) is 6.76. The minimum Gasteiger partial charge on any atom is -0.490 e. The molecule has 0 unspecified atom stereocenters. The topological polar surface area (TPSA) is 97.8 Å². The highest BCUT2D eigenvalue weighted by Gasteiger charge is 2.18. The molecule has 0 saturated carbocycles. The van der Waals surface area contributed by atoms with E-state index in [9.17, 15) is 9.59 Å². The van der Waals surface area contributed by atoms with Gasteiger partial charge in [0.05, 0.1) is 29.5 Å². The van der Waals surface area contributed by atoms with E-state index in [2.05, 4.69) is 31.1 Å². The Hall–Kier alpha value is -2.98. The van der Waals surface area contributed by atoms with Crippen LogP contribution in [0.1, 0.15) is 48.7 Å². The van der Waals surface area contributed by atoms with E-state index in [0.29, 0.717) is 23.4 Å². The Morgan fingerprint density at radius 2 is 1.89 bits per heavy atom. The largest absolute Gasteiger partial charge is 0.490 e. The Kier molecular flexibility index (Phi) is 9.89. The summed E-state index contributed by atoms with van der Waals surface area (Å²) in [5.41, 5.74) is 1.55. The second-order valence-electron chi connectivity index (χ2n) is 9.51. The maximum Gasteiger partial charge on any atom is 0.371 e. The number of carbonyl (C=O) groups excluding carboxylic acids is 1. The van der Waals surface area contributed by atoms with Crippen molar-refractivity contribution in [3.05, 3.63) is 74.0 Å². The summed E-state index contributed by atoms with van der Waals surface area (Å²) >= 11 is 13.6. The first kappa shape index (κ1) is 29.6. The smallest absolute Gasteiger partial charge is 0.371 e. The Bertz CT molecular complexity index is 1340. The maximum absolute atomic E-state index is 15.2. The predicted octanol–water partition coefficient (Wildman–Crippen LogP) is 7.53. The van der Waals surface area contributed by atoms with Crippen LogP contribution in [-0.4, -0.2) is 35.7 Å². The number of methoxy groups -OCH3 is 1. The Morgan fingerprint density at radius 1 is 1.21 bits per heavy atom. The number of carboxylic acids is 1. The number of ether oxygens (including phenoxy) is 2. The van der Waals surface area contributed by atoms with E-state index in [0.717, 1.165) is 17.8 Å². The number of hydrogen-bond acceptors (Lipinski definition) is 6. The number of nitrogens with one attached hydrogen (secondary N) is 1. The number of anilines is 1. The first-order chi connectivity index (χ1) is 17.9. The van der Waals surface area contributed by atoms with E-state index in [4.69, 9.17) is 37.8 Å². The van der Waals surface area contributed by atoms with E-state index in [1.165, 1.54) is 25.3 Å². The van der Waals surface area contributed by atoms with E-state index in [-0.39, 0.29) is 44.1 Å². The summed E-state index contributed by atoms with van der Waals surface area (Å²) in [5, 5.41) is 13.8. The number of nitrogens with zero attached hydrogens (tertiary/aromatic N) is 1. The lowest BCUT2D eigenvalue weighted by molar-refractivity contribution is -0.135. The summed E-state index contributed by atoms with van der Waals surface area (Å²) in [7, 11) is 1.20. The van der Waals surface area contributed by atoms with Gasteiger partial charge in [-0.2, -0.15) is 0 Å². The van der Waals surface area contributed by atoms with Crippen LogP contribution >= 0.6 is 34.5 Å². The van der Waals surface area contributed by atoms with E-state index in [1.807, 2.05) is 0 Å². The van der Waals surface area contributed by atoms with Crippen LogP contribution in [0.3, 0.4) is 0 Å². The fraction of sp³-hybridized carbons (Fsp3) is 0.296. The molecule has 0 saturated heterocycles. The number of amides is 1. The summed E-state index contributed by atoms with van der Waals surface area (Å²) in [6.45, 7) is 7.02. The van der Waals surface area contributed by atoms with E-state index < -0.39 is 17.7 Å². The number of aromatic nitrogens is 1. The van der Waals surface area contributed by atoms with Gasteiger partial charge in [-0.25, -0.2) is 14.2 Å². The van der Waals surface area contributed by atoms with Gasteiger partial charge in [-0.15, -0.1) is 11.3 Å². The molecule has 3 rings (SSSR count). The van der Waals surface area contributed by atoms with Gasteiger partial charge in [0.2, 0.25) is 5.76 Å². The quantitative estimate of drug-likeness (QED) is 0.146. The van der Waals surface area contributed by atoms with Gasteiger partial charge in [0.1, 0.15) is 5.82 Å². The SMILES string of the molecule is CO/C(=C/c1c(Cl)cc(C(=O)Nc2nc(-c3cccc(COCCC(C)(C)C)c3F)cs2)cc1Cl)C(=O)O. The minimum absolute atomic E-state index is 0.0573. The number of carbonyl (C=O) groups is 2. The van der Waals surface area contributed by atoms with Crippen LogP contribution in [0.4, 0.5) is 9.52 Å². The molecule has 7 nitrogen and oxygen atoms in total. The first-order valence-corrected chi connectivity index (χ1v) is 13.1. The number of thiazole rings is 1. The number of aliphatic carboxylic acids is 1. The molecule has 0 aliphatic rings. The van der Waals surface area contributed by atoms with Gasteiger partial charge in [0.15, 0.2) is 5.13 Å². The maximum atomic E-state index is 15.2. The second-order valence-corrected chi connectivity index (χ2v) is 11.2. The lowest BCUT2D eigenvalue weighted by Crippen LogP contribution is -2.12. The summed E-state index contributed by atoms with van der Waals surface area (Å²) in [6, 6.07) is 7.72. The van der Waals surface area contributed by atoms with Crippen LogP contribution in [0.25, 0.3) is 17.3 Å². The van der Waals surface area contributed by atoms with Gasteiger partial charge in [0.25, 0.3) is 5.91 Å². The highest BCUT2D eigenvalue weighted by Crippen LogP contribution is 2.31.